The molecule has 4 rings (SSSR count). The number of hydrogen-bond acceptors (Lipinski definition) is 7. The van der Waals surface area contributed by atoms with Gasteiger partial charge < -0.3 is 24.3 Å². The second-order valence-electron chi connectivity index (χ2n) is 8.99. The lowest BCUT2D eigenvalue weighted by molar-refractivity contribution is -0.140. The van der Waals surface area contributed by atoms with E-state index in [1.165, 1.54) is 6.07 Å². The number of carbonyl (C=O) groups is 2. The van der Waals surface area contributed by atoms with Gasteiger partial charge in [0.15, 0.2) is 17.3 Å². The van der Waals surface area contributed by atoms with Crippen molar-refractivity contribution in [2.45, 2.75) is 38.5 Å². The number of ether oxygens (including phenoxy) is 4. The van der Waals surface area contributed by atoms with E-state index in [2.05, 4.69) is 5.32 Å². The van der Waals surface area contributed by atoms with Crippen LogP contribution < -0.4 is 14.8 Å². The Morgan fingerprint density at radius 2 is 1.81 bits per heavy atom. The number of carbonyl (C=O) groups excluding carboxylic acids is 2. The molecule has 1 N–H and O–H groups in total. The van der Waals surface area contributed by atoms with Gasteiger partial charge in [-0.2, -0.15) is 0 Å². The van der Waals surface area contributed by atoms with Gasteiger partial charge in [-0.25, -0.2) is 9.18 Å². The summed E-state index contributed by atoms with van der Waals surface area (Å²) in [5, 5.41) is 3.28. The summed E-state index contributed by atoms with van der Waals surface area (Å²) in [6.45, 7) is 4.43. The molecule has 1 aliphatic heterocycles. The normalized spacial score (nSPS) is 19.3. The van der Waals surface area contributed by atoms with Gasteiger partial charge in [0.1, 0.15) is 12.4 Å². The fraction of sp³-hybridized carbons (Fsp3) is 0.379. The Balaban J connectivity index is 1.72. The standard InChI is InChI=1S/C29H32FNO6/c1-5-36-12-13-37-29(33)26-17(2)31-22-14-19(18-10-11-24(34-3)25(16-18)35-4)15-23(32)28(22)27(26)20-8-6-7-9-21(20)30/h6-11,16,19,27,31H,5,12-15H2,1-4H3/t19-,27-/m0/s1. The van der Waals surface area contributed by atoms with Crippen LogP contribution in [0.4, 0.5) is 4.39 Å². The molecule has 0 amide bonds. The lowest BCUT2D eigenvalue weighted by atomic mass is 9.71. The molecule has 0 unspecified atom stereocenters. The quantitative estimate of drug-likeness (QED) is 0.385. The first kappa shape index (κ1) is 26.4. The Bertz CT molecular complexity index is 1250. The predicted molar refractivity (Wildman–Crippen MR) is 136 cm³/mol. The Hall–Kier alpha value is -3.65. The number of esters is 1. The molecule has 0 radical (unpaired) electrons. The number of allylic oxidation sites excluding steroid dienone is 3. The molecule has 1 aliphatic carbocycles. The van der Waals surface area contributed by atoms with Gasteiger partial charge in [0, 0.05) is 35.6 Å². The number of rotatable bonds is 9. The summed E-state index contributed by atoms with van der Waals surface area (Å²) in [6.07, 6.45) is 0.734. The lowest BCUT2D eigenvalue weighted by Gasteiger charge is -2.36. The summed E-state index contributed by atoms with van der Waals surface area (Å²) in [4.78, 5) is 26.9. The SMILES string of the molecule is CCOCCOC(=O)C1=C(C)NC2=C(C(=O)C[C@@H](c3ccc(OC)c(OC)c3)C2)[C@H]1c1ccccc1F. The lowest BCUT2D eigenvalue weighted by Crippen LogP contribution is -2.36. The van der Waals surface area contributed by atoms with E-state index >= 15 is 4.39 Å². The molecular formula is C29H32FNO6. The fourth-order valence-electron chi connectivity index (χ4n) is 5.09. The molecule has 8 heteroatoms. The number of halogens is 1. The van der Waals surface area contributed by atoms with Gasteiger partial charge in [-0.3, -0.25) is 4.79 Å². The van der Waals surface area contributed by atoms with E-state index in [1.54, 1.807) is 39.3 Å². The van der Waals surface area contributed by atoms with Crippen LogP contribution >= 0.6 is 0 Å². The summed E-state index contributed by atoms with van der Waals surface area (Å²) in [6, 6.07) is 11.9. The molecule has 0 bridgehead atoms. The highest BCUT2D eigenvalue weighted by Gasteiger charge is 2.42. The maximum Gasteiger partial charge on any atom is 0.336 e. The van der Waals surface area contributed by atoms with Crippen molar-refractivity contribution in [3.63, 3.8) is 0 Å². The van der Waals surface area contributed by atoms with Crippen LogP contribution in [-0.2, 0) is 19.1 Å². The largest absolute Gasteiger partial charge is 0.493 e. The second-order valence-corrected chi connectivity index (χ2v) is 8.99. The molecule has 0 saturated heterocycles. The minimum absolute atomic E-state index is 0.0642. The summed E-state index contributed by atoms with van der Waals surface area (Å²) >= 11 is 0. The van der Waals surface area contributed by atoms with E-state index in [1.807, 2.05) is 25.1 Å². The Kier molecular flexibility index (Phi) is 8.28. The van der Waals surface area contributed by atoms with Crippen LogP contribution in [0.1, 0.15) is 49.7 Å². The van der Waals surface area contributed by atoms with Crippen molar-refractivity contribution in [3.05, 3.63) is 81.9 Å². The Morgan fingerprint density at radius 1 is 1.05 bits per heavy atom. The zero-order chi connectivity index (χ0) is 26.5. The van der Waals surface area contributed by atoms with Gasteiger partial charge in [-0.15, -0.1) is 0 Å². The Morgan fingerprint density at radius 3 is 2.51 bits per heavy atom. The highest BCUT2D eigenvalue weighted by atomic mass is 19.1. The highest BCUT2D eigenvalue weighted by molar-refractivity contribution is 6.04. The molecule has 1 heterocycles. The van der Waals surface area contributed by atoms with Crippen molar-refractivity contribution in [2.24, 2.45) is 0 Å². The van der Waals surface area contributed by atoms with Crippen molar-refractivity contribution in [1.82, 2.24) is 5.32 Å². The third-order valence-electron chi connectivity index (χ3n) is 6.81. The number of hydrogen-bond donors (Lipinski definition) is 1. The molecule has 7 nitrogen and oxygen atoms in total. The molecular weight excluding hydrogens is 477 g/mol. The van der Waals surface area contributed by atoms with E-state index in [0.29, 0.717) is 41.5 Å². The fourth-order valence-corrected chi connectivity index (χ4v) is 5.09. The minimum atomic E-state index is -0.865. The van der Waals surface area contributed by atoms with Crippen LogP contribution in [-0.4, -0.2) is 45.8 Å². The van der Waals surface area contributed by atoms with Crippen LogP contribution in [0, 0.1) is 5.82 Å². The number of dihydropyridines is 1. The van der Waals surface area contributed by atoms with Crippen LogP contribution in [0.15, 0.2) is 65.0 Å². The zero-order valence-corrected chi connectivity index (χ0v) is 21.6. The van der Waals surface area contributed by atoms with Gasteiger partial charge in [0.25, 0.3) is 0 Å². The number of benzene rings is 2. The second kappa shape index (κ2) is 11.6. The molecule has 2 atom stereocenters. The molecule has 2 aromatic rings. The first-order valence-corrected chi connectivity index (χ1v) is 12.3. The van der Waals surface area contributed by atoms with E-state index < -0.39 is 17.7 Å². The summed E-state index contributed by atoms with van der Waals surface area (Å²) < 4.78 is 36.6. The first-order chi connectivity index (χ1) is 17.9. The maximum absolute atomic E-state index is 15.1. The van der Waals surface area contributed by atoms with Crippen molar-refractivity contribution >= 4 is 11.8 Å². The van der Waals surface area contributed by atoms with Crippen LogP contribution in [0.5, 0.6) is 11.5 Å². The van der Waals surface area contributed by atoms with Crippen LogP contribution in [0.2, 0.25) is 0 Å². The van der Waals surface area contributed by atoms with Gasteiger partial charge in [-0.1, -0.05) is 24.3 Å². The number of Topliss-reactive ketones (excluding diaryl/α,β-unsaturated/α-hetero) is 1. The Labute approximate surface area is 216 Å². The number of methoxy groups -OCH3 is 2. The van der Waals surface area contributed by atoms with Crippen molar-refractivity contribution in [1.29, 1.82) is 0 Å². The minimum Gasteiger partial charge on any atom is -0.493 e. The molecule has 0 fully saturated rings. The third-order valence-corrected chi connectivity index (χ3v) is 6.81. The van der Waals surface area contributed by atoms with Crippen LogP contribution in [0.25, 0.3) is 0 Å². The van der Waals surface area contributed by atoms with Crippen molar-refractivity contribution < 1.29 is 32.9 Å². The van der Waals surface area contributed by atoms with Gasteiger partial charge in [0.05, 0.1) is 32.3 Å². The monoisotopic (exact) mass is 509 g/mol. The van der Waals surface area contributed by atoms with Crippen molar-refractivity contribution in [2.75, 3.05) is 34.0 Å². The molecule has 0 aromatic heterocycles. The van der Waals surface area contributed by atoms with Gasteiger partial charge >= 0.3 is 5.97 Å². The predicted octanol–water partition coefficient (Wildman–Crippen LogP) is 4.78. The average molecular weight is 510 g/mol. The number of nitrogens with one attached hydrogen (secondary N) is 1. The topological polar surface area (TPSA) is 83.1 Å². The van der Waals surface area contributed by atoms with E-state index in [9.17, 15) is 9.59 Å². The molecule has 37 heavy (non-hydrogen) atoms. The first-order valence-electron chi connectivity index (χ1n) is 12.3. The average Bonchev–Trinajstić information content (AvgIpc) is 2.90. The van der Waals surface area contributed by atoms with E-state index in [0.717, 1.165) is 5.56 Å². The zero-order valence-electron chi connectivity index (χ0n) is 21.6. The highest BCUT2D eigenvalue weighted by Crippen LogP contribution is 2.47. The molecule has 0 saturated carbocycles. The molecule has 196 valence electrons. The third kappa shape index (κ3) is 5.39. The molecule has 2 aromatic carbocycles. The summed E-state index contributed by atoms with van der Waals surface area (Å²) in [5.41, 5.74) is 3.07. The molecule has 2 aliphatic rings. The van der Waals surface area contributed by atoms with Crippen molar-refractivity contribution in [3.8, 4) is 11.5 Å². The number of ketones is 1. The maximum atomic E-state index is 15.1. The van der Waals surface area contributed by atoms with E-state index in [4.69, 9.17) is 18.9 Å². The smallest absolute Gasteiger partial charge is 0.336 e. The molecule has 0 spiro atoms. The van der Waals surface area contributed by atoms with Gasteiger partial charge in [-0.05, 0) is 49.9 Å². The van der Waals surface area contributed by atoms with E-state index in [-0.39, 0.29) is 42.5 Å². The van der Waals surface area contributed by atoms with Crippen LogP contribution in [0.3, 0.4) is 0 Å². The summed E-state index contributed by atoms with van der Waals surface area (Å²) in [7, 11) is 3.14. The summed E-state index contributed by atoms with van der Waals surface area (Å²) in [5.74, 6) is -1.02. The van der Waals surface area contributed by atoms with Gasteiger partial charge in [0.2, 0.25) is 0 Å².